The third-order valence-electron chi connectivity index (χ3n) is 2.24. The van der Waals surface area contributed by atoms with Crippen LogP contribution >= 0.6 is 0 Å². The minimum Gasteiger partial charge on any atom is -0.374 e. The fourth-order valence-corrected chi connectivity index (χ4v) is 1.51. The minimum atomic E-state index is 0.455. The lowest BCUT2D eigenvalue weighted by atomic mass is 10.2. The van der Waals surface area contributed by atoms with E-state index in [-0.39, 0.29) is 0 Å². The summed E-state index contributed by atoms with van der Waals surface area (Å²) in [6.07, 6.45) is 3.37. The van der Waals surface area contributed by atoms with Crippen LogP contribution < -0.4 is 10.6 Å². The SMILES string of the molecule is CNCCNCC1CCC(C)O1. The van der Waals surface area contributed by atoms with E-state index in [4.69, 9.17) is 4.74 Å². The number of likely N-dealkylation sites (N-methyl/N-ethyl adjacent to an activating group) is 1. The zero-order chi connectivity index (χ0) is 8.81. The van der Waals surface area contributed by atoms with E-state index < -0.39 is 0 Å². The van der Waals surface area contributed by atoms with E-state index >= 15 is 0 Å². The van der Waals surface area contributed by atoms with Crippen LogP contribution in [0.25, 0.3) is 0 Å². The maximum absolute atomic E-state index is 5.66. The highest BCUT2D eigenvalue weighted by Gasteiger charge is 2.20. The third kappa shape index (κ3) is 3.52. The van der Waals surface area contributed by atoms with Gasteiger partial charge in [-0.15, -0.1) is 0 Å². The van der Waals surface area contributed by atoms with Crippen molar-refractivity contribution in [1.29, 1.82) is 0 Å². The summed E-state index contributed by atoms with van der Waals surface area (Å²) in [4.78, 5) is 0. The van der Waals surface area contributed by atoms with Crippen molar-refractivity contribution in [2.45, 2.75) is 32.0 Å². The molecule has 0 saturated carbocycles. The van der Waals surface area contributed by atoms with E-state index in [0.717, 1.165) is 19.6 Å². The highest BCUT2D eigenvalue weighted by molar-refractivity contribution is 4.72. The van der Waals surface area contributed by atoms with E-state index in [1.54, 1.807) is 0 Å². The summed E-state index contributed by atoms with van der Waals surface area (Å²) in [6.45, 7) is 5.21. The van der Waals surface area contributed by atoms with Crippen LogP contribution in [-0.2, 0) is 4.74 Å². The van der Waals surface area contributed by atoms with Crippen molar-refractivity contribution in [2.75, 3.05) is 26.7 Å². The molecule has 0 aromatic heterocycles. The predicted molar refractivity (Wildman–Crippen MR) is 50.4 cm³/mol. The molecule has 0 aromatic carbocycles. The van der Waals surface area contributed by atoms with Gasteiger partial charge in [0.25, 0.3) is 0 Å². The number of hydrogen-bond donors (Lipinski definition) is 2. The molecule has 1 saturated heterocycles. The molecule has 2 unspecified atom stereocenters. The summed E-state index contributed by atoms with van der Waals surface area (Å²) < 4.78 is 5.66. The van der Waals surface area contributed by atoms with E-state index in [2.05, 4.69) is 17.6 Å². The van der Waals surface area contributed by atoms with Gasteiger partial charge in [0.1, 0.15) is 0 Å². The Morgan fingerprint density at radius 3 is 2.75 bits per heavy atom. The molecule has 0 amide bonds. The van der Waals surface area contributed by atoms with Crippen LogP contribution in [0.15, 0.2) is 0 Å². The fourth-order valence-electron chi connectivity index (χ4n) is 1.51. The van der Waals surface area contributed by atoms with E-state index in [1.165, 1.54) is 12.8 Å². The molecule has 0 radical (unpaired) electrons. The van der Waals surface area contributed by atoms with Gasteiger partial charge in [-0.3, -0.25) is 0 Å². The maximum Gasteiger partial charge on any atom is 0.0704 e. The molecular weight excluding hydrogens is 152 g/mol. The fraction of sp³-hybridized carbons (Fsp3) is 1.00. The van der Waals surface area contributed by atoms with Crippen molar-refractivity contribution >= 4 is 0 Å². The first-order chi connectivity index (χ1) is 5.83. The van der Waals surface area contributed by atoms with Gasteiger partial charge >= 0.3 is 0 Å². The van der Waals surface area contributed by atoms with E-state index in [0.29, 0.717) is 12.2 Å². The van der Waals surface area contributed by atoms with Crippen LogP contribution in [0.4, 0.5) is 0 Å². The van der Waals surface area contributed by atoms with Crippen molar-refractivity contribution in [3.63, 3.8) is 0 Å². The van der Waals surface area contributed by atoms with Gasteiger partial charge in [0.15, 0.2) is 0 Å². The quantitative estimate of drug-likeness (QED) is 0.588. The highest BCUT2D eigenvalue weighted by atomic mass is 16.5. The van der Waals surface area contributed by atoms with Gasteiger partial charge in [0.2, 0.25) is 0 Å². The summed E-state index contributed by atoms with van der Waals surface area (Å²) in [5.41, 5.74) is 0. The summed E-state index contributed by atoms with van der Waals surface area (Å²) in [5, 5.41) is 6.46. The summed E-state index contributed by atoms with van der Waals surface area (Å²) in [5.74, 6) is 0. The first-order valence-corrected chi connectivity index (χ1v) is 4.83. The van der Waals surface area contributed by atoms with E-state index in [1.807, 2.05) is 7.05 Å². The zero-order valence-electron chi connectivity index (χ0n) is 8.10. The molecule has 72 valence electrons. The van der Waals surface area contributed by atoms with E-state index in [9.17, 15) is 0 Å². The molecule has 0 aromatic rings. The standard InChI is InChI=1S/C9H20N2O/c1-8-3-4-9(12-8)7-11-6-5-10-2/h8-11H,3-7H2,1-2H3. The number of nitrogens with one attached hydrogen (secondary N) is 2. The first kappa shape index (κ1) is 9.96. The van der Waals surface area contributed by atoms with Gasteiger partial charge in [-0.1, -0.05) is 0 Å². The molecule has 1 aliphatic heterocycles. The van der Waals surface area contributed by atoms with Crippen molar-refractivity contribution in [3.05, 3.63) is 0 Å². The minimum absolute atomic E-state index is 0.455. The van der Waals surface area contributed by atoms with Gasteiger partial charge in [0, 0.05) is 19.6 Å². The Morgan fingerprint density at radius 1 is 1.33 bits per heavy atom. The monoisotopic (exact) mass is 172 g/mol. The van der Waals surface area contributed by atoms with Gasteiger partial charge in [0.05, 0.1) is 12.2 Å². The predicted octanol–water partition coefficient (Wildman–Crippen LogP) is 0.363. The molecule has 2 atom stereocenters. The Kier molecular flexibility index (Phi) is 4.58. The molecule has 3 nitrogen and oxygen atoms in total. The molecule has 1 rings (SSSR count). The Labute approximate surface area is 74.9 Å². The number of ether oxygens (including phenoxy) is 1. The highest BCUT2D eigenvalue weighted by Crippen LogP contribution is 2.17. The second-order valence-corrected chi connectivity index (χ2v) is 3.45. The van der Waals surface area contributed by atoms with Crippen LogP contribution in [0, 0.1) is 0 Å². The largest absolute Gasteiger partial charge is 0.374 e. The Bertz CT molecular complexity index is 119. The molecule has 12 heavy (non-hydrogen) atoms. The second kappa shape index (κ2) is 5.51. The molecule has 2 N–H and O–H groups in total. The second-order valence-electron chi connectivity index (χ2n) is 3.45. The molecule has 0 aliphatic carbocycles. The lowest BCUT2D eigenvalue weighted by molar-refractivity contribution is 0.0562. The third-order valence-corrected chi connectivity index (χ3v) is 2.24. The molecule has 1 fully saturated rings. The summed E-state index contributed by atoms with van der Waals surface area (Å²) in [6, 6.07) is 0. The number of rotatable bonds is 5. The lowest BCUT2D eigenvalue weighted by Gasteiger charge is -2.11. The van der Waals surface area contributed by atoms with Crippen LogP contribution in [0.5, 0.6) is 0 Å². The van der Waals surface area contributed by atoms with Crippen molar-refractivity contribution in [2.24, 2.45) is 0 Å². The Balaban J connectivity index is 1.93. The molecular formula is C9H20N2O. The topological polar surface area (TPSA) is 33.3 Å². The van der Waals surface area contributed by atoms with Gasteiger partial charge in [-0.25, -0.2) is 0 Å². The average Bonchev–Trinajstić information content (AvgIpc) is 2.45. The van der Waals surface area contributed by atoms with Crippen molar-refractivity contribution < 1.29 is 4.74 Å². The van der Waals surface area contributed by atoms with Crippen molar-refractivity contribution in [3.8, 4) is 0 Å². The average molecular weight is 172 g/mol. The number of hydrogen-bond acceptors (Lipinski definition) is 3. The van der Waals surface area contributed by atoms with Gasteiger partial charge < -0.3 is 15.4 Å². The van der Waals surface area contributed by atoms with Gasteiger partial charge in [-0.2, -0.15) is 0 Å². The normalized spacial score (nSPS) is 29.5. The zero-order valence-corrected chi connectivity index (χ0v) is 8.10. The summed E-state index contributed by atoms with van der Waals surface area (Å²) in [7, 11) is 1.97. The van der Waals surface area contributed by atoms with Crippen LogP contribution in [-0.4, -0.2) is 38.9 Å². The van der Waals surface area contributed by atoms with Crippen LogP contribution in [0.3, 0.4) is 0 Å². The smallest absolute Gasteiger partial charge is 0.0704 e. The van der Waals surface area contributed by atoms with Gasteiger partial charge in [-0.05, 0) is 26.8 Å². The molecule has 1 heterocycles. The van der Waals surface area contributed by atoms with Crippen LogP contribution in [0.1, 0.15) is 19.8 Å². The Morgan fingerprint density at radius 2 is 2.17 bits per heavy atom. The summed E-state index contributed by atoms with van der Waals surface area (Å²) >= 11 is 0. The molecule has 3 heteroatoms. The van der Waals surface area contributed by atoms with Crippen molar-refractivity contribution in [1.82, 2.24) is 10.6 Å². The lowest BCUT2D eigenvalue weighted by Crippen LogP contribution is -2.31. The maximum atomic E-state index is 5.66. The van der Waals surface area contributed by atoms with Crippen LogP contribution in [0.2, 0.25) is 0 Å². The molecule has 0 spiro atoms. The first-order valence-electron chi connectivity index (χ1n) is 4.83. The molecule has 0 bridgehead atoms. The Hall–Kier alpha value is -0.120. The molecule has 1 aliphatic rings.